The van der Waals surface area contributed by atoms with Gasteiger partial charge < -0.3 is 21.3 Å². The second-order valence-electron chi connectivity index (χ2n) is 4.02. The van der Waals surface area contributed by atoms with Crippen molar-refractivity contribution in [2.45, 2.75) is 25.3 Å². The number of hydrogen-bond donors (Lipinski definition) is 3. The Balaban J connectivity index is -0.00000144. The number of ether oxygens (including phenoxy) is 1. The maximum absolute atomic E-state index is 13.3. The van der Waals surface area contributed by atoms with E-state index in [2.05, 4.69) is 4.99 Å². The quantitative estimate of drug-likeness (QED) is 0.457. The molecule has 0 aromatic rings. The molecule has 0 heterocycles. The maximum atomic E-state index is 13.3. The molecule has 0 aliphatic heterocycles. The van der Waals surface area contributed by atoms with Crippen molar-refractivity contribution in [3.8, 4) is 0 Å². The van der Waals surface area contributed by atoms with Gasteiger partial charge in [-0.25, -0.2) is 4.39 Å². The molecule has 9 heteroatoms. The monoisotopic (exact) mass is 333 g/mol. The molecule has 0 amide bonds. The molecule has 0 rings (SSSR count). The topological polar surface area (TPSA) is 111 Å². The Bertz CT molecular complexity index is 350. The zero-order valence-corrected chi connectivity index (χ0v) is 13.1. The number of nitrogens with two attached hydrogens (primary N) is 2. The van der Waals surface area contributed by atoms with Gasteiger partial charge in [-0.15, -0.1) is 24.8 Å². The number of carbonyl (C=O) groups is 1. The van der Waals surface area contributed by atoms with Crippen molar-refractivity contribution in [2.24, 2.45) is 16.5 Å². The Morgan fingerprint density at radius 1 is 1.50 bits per heavy atom. The number of carboxylic acid groups (broad SMARTS) is 1. The summed E-state index contributed by atoms with van der Waals surface area (Å²) in [6.45, 7) is 1.64. The molecule has 0 unspecified atom stereocenters. The van der Waals surface area contributed by atoms with E-state index in [0.717, 1.165) is 6.08 Å². The zero-order chi connectivity index (χ0) is 14.2. The van der Waals surface area contributed by atoms with Crippen molar-refractivity contribution in [1.82, 2.24) is 0 Å². The molecule has 5 N–H and O–H groups in total. The number of aliphatic imine (C=N–C) groups is 1. The molecule has 1 atom stereocenters. The fourth-order valence-electron chi connectivity index (χ4n) is 1.20. The van der Waals surface area contributed by atoms with Crippen molar-refractivity contribution in [3.63, 3.8) is 0 Å². The van der Waals surface area contributed by atoms with Crippen LogP contribution in [0.3, 0.4) is 0 Å². The smallest absolute Gasteiger partial charge is 0.326 e. The first-order chi connectivity index (χ1) is 8.31. The fourth-order valence-corrected chi connectivity index (χ4v) is 1.20. The first kappa shape index (κ1) is 24.1. The van der Waals surface area contributed by atoms with Gasteiger partial charge in [-0.1, -0.05) is 6.08 Å². The Kier molecular flexibility index (Phi) is 14.4. The van der Waals surface area contributed by atoms with Crippen LogP contribution in [0, 0.1) is 0 Å². The van der Waals surface area contributed by atoms with E-state index >= 15 is 0 Å². The zero-order valence-electron chi connectivity index (χ0n) is 11.5. The average Bonchev–Trinajstić information content (AvgIpc) is 2.26. The van der Waals surface area contributed by atoms with Crippen molar-refractivity contribution < 1.29 is 19.0 Å². The molecule has 0 aromatic carbocycles. The molecule has 20 heavy (non-hydrogen) atoms. The summed E-state index contributed by atoms with van der Waals surface area (Å²) >= 11 is 0. The summed E-state index contributed by atoms with van der Waals surface area (Å²) in [5.74, 6) is -1.32. The normalized spacial score (nSPS) is 14.8. The highest BCUT2D eigenvalue weighted by Crippen LogP contribution is 2.13. The Labute approximate surface area is 130 Å². The molecule has 0 radical (unpaired) electrons. The largest absolute Gasteiger partial charge is 0.480 e. The standard InChI is InChI=1S/C11H20FN3O3.2ClH/c1-8(13)15-6-4-9(12)3-5-11(14,7-18-2)10(16)17;;/h3H,4-7,14H2,1-2H3,(H2,13,15)(H,16,17);2*1H/b9-3-;;/t11-;;/m1../s1. The minimum Gasteiger partial charge on any atom is -0.480 e. The lowest BCUT2D eigenvalue weighted by Gasteiger charge is -2.21. The van der Waals surface area contributed by atoms with Crippen LogP contribution in [0.25, 0.3) is 0 Å². The fraction of sp³-hybridized carbons (Fsp3) is 0.636. The van der Waals surface area contributed by atoms with Crippen molar-refractivity contribution in [2.75, 3.05) is 20.3 Å². The highest BCUT2D eigenvalue weighted by molar-refractivity contribution is 5.85. The van der Waals surface area contributed by atoms with Gasteiger partial charge in [-0.05, 0) is 13.3 Å². The minimum atomic E-state index is -1.61. The number of rotatable bonds is 8. The van der Waals surface area contributed by atoms with E-state index in [1.807, 2.05) is 0 Å². The molecule has 120 valence electrons. The van der Waals surface area contributed by atoms with Crippen LogP contribution in [0.4, 0.5) is 4.39 Å². The molecule has 0 bridgehead atoms. The van der Waals surface area contributed by atoms with Gasteiger partial charge in [0.2, 0.25) is 0 Å². The molecule has 0 aromatic heterocycles. The first-order valence-electron chi connectivity index (χ1n) is 5.44. The Morgan fingerprint density at radius 3 is 2.45 bits per heavy atom. The molecule has 0 spiro atoms. The molecule has 0 fully saturated rings. The van der Waals surface area contributed by atoms with Crippen LogP contribution < -0.4 is 11.5 Å². The lowest BCUT2D eigenvalue weighted by atomic mass is 9.97. The third kappa shape index (κ3) is 9.96. The molecular weight excluding hydrogens is 312 g/mol. The van der Waals surface area contributed by atoms with E-state index in [4.69, 9.17) is 21.3 Å². The molecule has 0 saturated heterocycles. The van der Waals surface area contributed by atoms with E-state index in [1.54, 1.807) is 6.92 Å². The minimum absolute atomic E-state index is 0. The van der Waals surface area contributed by atoms with Crippen molar-refractivity contribution in [1.29, 1.82) is 0 Å². The van der Waals surface area contributed by atoms with Crippen LogP contribution in [0.2, 0.25) is 0 Å². The summed E-state index contributed by atoms with van der Waals surface area (Å²) in [6, 6.07) is 0. The van der Waals surface area contributed by atoms with E-state index in [1.165, 1.54) is 7.11 Å². The number of hydrogen-bond acceptors (Lipinski definition) is 4. The summed E-state index contributed by atoms with van der Waals surface area (Å²) in [5, 5.41) is 8.93. The number of aliphatic carboxylic acids is 1. The molecule has 0 aliphatic carbocycles. The van der Waals surface area contributed by atoms with Gasteiger partial charge in [0.05, 0.1) is 18.3 Å². The van der Waals surface area contributed by atoms with Gasteiger partial charge >= 0.3 is 5.97 Å². The Hall–Kier alpha value is -0.890. The van der Waals surface area contributed by atoms with E-state index in [0.29, 0.717) is 5.84 Å². The van der Waals surface area contributed by atoms with Gasteiger partial charge in [-0.2, -0.15) is 0 Å². The van der Waals surface area contributed by atoms with Crippen LogP contribution in [-0.2, 0) is 9.53 Å². The SMILES string of the molecule is COC[C@](N)(C/C=C(\F)CCN=C(C)N)C(=O)O.Cl.Cl. The van der Waals surface area contributed by atoms with Gasteiger partial charge in [0, 0.05) is 20.1 Å². The summed E-state index contributed by atoms with van der Waals surface area (Å²) in [5.41, 5.74) is 9.28. The highest BCUT2D eigenvalue weighted by Gasteiger charge is 2.33. The van der Waals surface area contributed by atoms with Crippen LogP contribution in [0.15, 0.2) is 16.9 Å². The van der Waals surface area contributed by atoms with Gasteiger partial charge in [0.1, 0.15) is 5.54 Å². The highest BCUT2D eigenvalue weighted by atomic mass is 35.5. The van der Waals surface area contributed by atoms with Crippen LogP contribution in [0.5, 0.6) is 0 Å². The van der Waals surface area contributed by atoms with E-state index < -0.39 is 17.3 Å². The Morgan fingerprint density at radius 2 is 2.05 bits per heavy atom. The lowest BCUT2D eigenvalue weighted by molar-refractivity contribution is -0.145. The van der Waals surface area contributed by atoms with Gasteiger partial charge in [0.15, 0.2) is 0 Å². The summed E-state index contributed by atoms with van der Waals surface area (Å²) in [6.07, 6.45) is 1.07. The predicted molar refractivity (Wildman–Crippen MR) is 81.5 cm³/mol. The van der Waals surface area contributed by atoms with Crippen LogP contribution in [-0.4, -0.2) is 42.7 Å². The number of halogens is 3. The predicted octanol–water partition coefficient (Wildman–Crippen LogP) is 1.27. The summed E-state index contributed by atoms with van der Waals surface area (Å²) in [7, 11) is 1.34. The summed E-state index contributed by atoms with van der Waals surface area (Å²) < 4.78 is 18.1. The van der Waals surface area contributed by atoms with Gasteiger partial charge in [-0.3, -0.25) is 9.79 Å². The van der Waals surface area contributed by atoms with Crippen molar-refractivity contribution >= 4 is 36.6 Å². The van der Waals surface area contributed by atoms with E-state index in [9.17, 15) is 9.18 Å². The average molecular weight is 334 g/mol. The second kappa shape index (κ2) is 11.9. The van der Waals surface area contributed by atoms with Crippen LogP contribution in [0.1, 0.15) is 19.8 Å². The van der Waals surface area contributed by atoms with Gasteiger partial charge in [0.25, 0.3) is 0 Å². The van der Waals surface area contributed by atoms with Crippen LogP contribution >= 0.6 is 24.8 Å². The third-order valence-electron chi connectivity index (χ3n) is 2.23. The molecular formula is C11H22Cl2FN3O3. The van der Waals surface area contributed by atoms with E-state index in [-0.39, 0.29) is 50.8 Å². The molecule has 0 aliphatic rings. The number of amidine groups is 1. The molecule has 6 nitrogen and oxygen atoms in total. The maximum Gasteiger partial charge on any atom is 0.326 e. The van der Waals surface area contributed by atoms with Crippen molar-refractivity contribution in [3.05, 3.63) is 11.9 Å². The number of carboxylic acids is 1. The number of nitrogens with zero attached hydrogens (tertiary/aromatic N) is 1. The number of methoxy groups -OCH3 is 1. The third-order valence-corrected chi connectivity index (χ3v) is 2.23. The summed E-state index contributed by atoms with van der Waals surface area (Å²) in [4.78, 5) is 14.8. The second-order valence-corrected chi connectivity index (χ2v) is 4.02. The molecule has 0 saturated carbocycles. The first-order valence-corrected chi connectivity index (χ1v) is 5.44. The lowest BCUT2D eigenvalue weighted by Crippen LogP contribution is -2.51.